The average Bonchev–Trinajstić information content (AvgIpc) is 2.82. The van der Waals surface area contributed by atoms with Crippen molar-refractivity contribution in [3.8, 4) is 23.2 Å². The summed E-state index contributed by atoms with van der Waals surface area (Å²) in [5.74, 6) is 0.443. The van der Waals surface area contributed by atoms with E-state index in [4.69, 9.17) is 4.42 Å². The zero-order valence-electron chi connectivity index (χ0n) is 11.3. The Morgan fingerprint density at radius 3 is 2.05 bits per heavy atom. The zero-order chi connectivity index (χ0) is 14.1. The first kappa shape index (κ1) is 12.4. The Labute approximate surface area is 116 Å². The molecule has 0 aliphatic rings. The first-order chi connectivity index (χ1) is 9.63. The summed E-state index contributed by atoms with van der Waals surface area (Å²) < 4.78 is 6.76. The van der Waals surface area contributed by atoms with Crippen LogP contribution in [0.2, 0.25) is 0 Å². The van der Waals surface area contributed by atoms with Crippen LogP contribution in [0.4, 0.5) is 0 Å². The molecule has 0 bridgehead atoms. The molecule has 0 unspecified atom stereocenters. The van der Waals surface area contributed by atoms with Crippen LogP contribution in [-0.4, -0.2) is 5.10 Å². The van der Waals surface area contributed by atoms with Crippen LogP contribution in [-0.2, 0) is 0 Å². The van der Waals surface area contributed by atoms with Gasteiger partial charge in [-0.2, -0.15) is 0 Å². The fourth-order valence-corrected chi connectivity index (χ4v) is 2.01. The highest BCUT2D eigenvalue weighted by Gasteiger charge is 2.19. The number of aryl methyl sites for hydroxylation is 2. The van der Waals surface area contributed by atoms with E-state index in [1.165, 1.54) is 4.68 Å². The van der Waals surface area contributed by atoms with Gasteiger partial charge in [-0.05, 0) is 30.7 Å². The van der Waals surface area contributed by atoms with Crippen LogP contribution in [0, 0.1) is 13.8 Å². The number of hydrogen-bond donors (Lipinski definition) is 0. The van der Waals surface area contributed by atoms with E-state index in [0.29, 0.717) is 5.89 Å². The van der Waals surface area contributed by atoms with Gasteiger partial charge in [-0.15, -0.1) is 0 Å². The lowest BCUT2D eigenvalue weighted by Gasteiger charge is -1.99. The van der Waals surface area contributed by atoms with E-state index in [1.54, 1.807) is 0 Å². The molecule has 4 heteroatoms. The molecular weight excluding hydrogens is 252 g/mol. The lowest BCUT2D eigenvalue weighted by molar-refractivity contribution is -0.651. The molecule has 0 N–H and O–H groups in total. The molecule has 3 rings (SSSR count). The minimum absolute atomic E-state index is 0.443. The van der Waals surface area contributed by atoms with Crippen LogP contribution in [0.15, 0.2) is 52.9 Å². The van der Waals surface area contributed by atoms with Gasteiger partial charge in [0.2, 0.25) is 11.8 Å². The van der Waals surface area contributed by atoms with Crippen molar-refractivity contribution in [2.24, 2.45) is 0 Å². The Bertz CT molecular complexity index is 665. The van der Waals surface area contributed by atoms with Crippen molar-refractivity contribution >= 4 is 0 Å². The van der Waals surface area contributed by atoms with Crippen molar-refractivity contribution in [3.05, 3.63) is 59.7 Å². The number of hydrogen-bond acceptors (Lipinski definition) is 3. The molecule has 1 heterocycles. The van der Waals surface area contributed by atoms with Crippen molar-refractivity contribution < 1.29 is 14.2 Å². The maximum Gasteiger partial charge on any atom is 0.303 e. The summed E-state index contributed by atoms with van der Waals surface area (Å²) in [6.45, 7) is 4.02. The van der Waals surface area contributed by atoms with Crippen molar-refractivity contribution in [1.29, 1.82) is 0 Å². The van der Waals surface area contributed by atoms with Crippen LogP contribution in [0.1, 0.15) is 11.1 Å². The first-order valence-electron chi connectivity index (χ1n) is 6.38. The highest BCUT2D eigenvalue weighted by Crippen LogP contribution is 2.20. The predicted molar refractivity (Wildman–Crippen MR) is 72.4 cm³/mol. The van der Waals surface area contributed by atoms with Crippen LogP contribution in [0.5, 0.6) is 6.08 Å². The molecule has 0 aliphatic heterocycles. The van der Waals surface area contributed by atoms with Gasteiger partial charge in [0.05, 0.1) is 5.56 Å². The summed E-state index contributed by atoms with van der Waals surface area (Å²) in [5.41, 5.74) is 3.93. The minimum atomic E-state index is -0.596. The smallest absolute Gasteiger partial charge is 0.303 e. The molecular formula is C16H14N2O2. The third-order valence-electron chi connectivity index (χ3n) is 3.14. The highest BCUT2D eigenvalue weighted by molar-refractivity contribution is 5.51. The van der Waals surface area contributed by atoms with E-state index in [0.717, 1.165) is 22.4 Å². The molecule has 100 valence electrons. The van der Waals surface area contributed by atoms with Gasteiger partial charge in [-0.1, -0.05) is 35.4 Å². The van der Waals surface area contributed by atoms with Crippen molar-refractivity contribution in [3.63, 3.8) is 0 Å². The Hall–Kier alpha value is -2.62. The van der Waals surface area contributed by atoms with E-state index in [1.807, 2.05) is 62.4 Å². The molecule has 3 aromatic rings. The van der Waals surface area contributed by atoms with Crippen LogP contribution < -0.4 is 9.79 Å². The van der Waals surface area contributed by atoms with Gasteiger partial charge in [0, 0.05) is 17.2 Å². The maximum atomic E-state index is 11.5. The fraction of sp³-hybridized carbons (Fsp3) is 0.125. The number of nitrogens with zero attached hydrogens (tertiary/aromatic N) is 2. The standard InChI is InChI=1S/C16H14N2O2/c1-11-3-7-13(8-4-11)15-18(17-16(19)20-15)14-9-5-12(2)6-10-14/h3-10H,1-2H3. The molecule has 4 nitrogen and oxygen atoms in total. The van der Waals surface area contributed by atoms with E-state index < -0.39 is 6.08 Å². The van der Waals surface area contributed by atoms with Gasteiger partial charge < -0.3 is 9.52 Å². The Balaban J connectivity index is 2.12. The molecule has 0 spiro atoms. The third-order valence-corrected chi connectivity index (χ3v) is 3.14. The number of rotatable bonds is 2. The van der Waals surface area contributed by atoms with Crippen molar-refractivity contribution in [2.45, 2.75) is 13.8 Å². The normalized spacial score (nSPS) is 10.7. The molecule has 0 saturated carbocycles. The predicted octanol–water partition coefficient (Wildman–Crippen LogP) is 2.31. The Morgan fingerprint density at radius 2 is 1.45 bits per heavy atom. The lowest BCUT2D eigenvalue weighted by Crippen LogP contribution is -2.34. The third kappa shape index (κ3) is 2.28. The van der Waals surface area contributed by atoms with E-state index in [2.05, 4.69) is 5.10 Å². The monoisotopic (exact) mass is 266 g/mol. The average molecular weight is 266 g/mol. The molecule has 20 heavy (non-hydrogen) atoms. The Kier molecular flexibility index (Phi) is 2.99. The molecule has 0 amide bonds. The largest absolute Gasteiger partial charge is 0.524 e. The molecule has 0 saturated heterocycles. The Morgan fingerprint density at radius 1 is 0.900 bits per heavy atom. The second-order valence-corrected chi connectivity index (χ2v) is 4.79. The van der Waals surface area contributed by atoms with Crippen LogP contribution >= 0.6 is 0 Å². The summed E-state index contributed by atoms with van der Waals surface area (Å²) in [6.07, 6.45) is -0.596. The maximum absolute atomic E-state index is 11.5. The SMILES string of the molecule is Cc1ccc(-c2oc([O-])n[n+]2-c2ccc(C)cc2)cc1. The van der Waals surface area contributed by atoms with Gasteiger partial charge >= 0.3 is 5.89 Å². The summed E-state index contributed by atoms with van der Waals surface area (Å²) in [6, 6.07) is 15.5. The second kappa shape index (κ2) is 4.81. The lowest BCUT2D eigenvalue weighted by atomic mass is 10.1. The molecule has 0 radical (unpaired) electrons. The van der Waals surface area contributed by atoms with Gasteiger partial charge in [0.1, 0.15) is 0 Å². The summed E-state index contributed by atoms with van der Waals surface area (Å²) in [7, 11) is 0. The molecule has 0 aliphatic carbocycles. The fourth-order valence-electron chi connectivity index (χ4n) is 2.01. The van der Waals surface area contributed by atoms with E-state index in [9.17, 15) is 5.11 Å². The number of benzene rings is 2. The number of aromatic nitrogens is 2. The minimum Gasteiger partial charge on any atom is -0.524 e. The highest BCUT2D eigenvalue weighted by atomic mass is 16.5. The summed E-state index contributed by atoms with van der Waals surface area (Å²) in [4.78, 5) is 0. The quantitative estimate of drug-likeness (QED) is 0.669. The molecule has 0 fully saturated rings. The first-order valence-corrected chi connectivity index (χ1v) is 6.38. The second-order valence-electron chi connectivity index (χ2n) is 4.79. The molecule has 0 atom stereocenters. The van der Waals surface area contributed by atoms with Gasteiger partial charge in [0.15, 0.2) is 0 Å². The van der Waals surface area contributed by atoms with Crippen molar-refractivity contribution in [1.82, 2.24) is 5.10 Å². The summed E-state index contributed by atoms with van der Waals surface area (Å²) in [5, 5.41) is 15.4. The topological polar surface area (TPSA) is 53.0 Å². The summed E-state index contributed by atoms with van der Waals surface area (Å²) >= 11 is 0. The molecule has 1 aromatic heterocycles. The van der Waals surface area contributed by atoms with E-state index >= 15 is 0 Å². The van der Waals surface area contributed by atoms with Gasteiger partial charge in [-0.3, -0.25) is 0 Å². The zero-order valence-corrected chi connectivity index (χ0v) is 11.3. The van der Waals surface area contributed by atoms with Crippen LogP contribution in [0.3, 0.4) is 0 Å². The van der Waals surface area contributed by atoms with Crippen LogP contribution in [0.25, 0.3) is 17.1 Å². The van der Waals surface area contributed by atoms with Gasteiger partial charge in [0.25, 0.3) is 0 Å². The van der Waals surface area contributed by atoms with E-state index in [-0.39, 0.29) is 0 Å². The molecule has 2 aromatic carbocycles. The van der Waals surface area contributed by atoms with Gasteiger partial charge in [-0.25, -0.2) is 0 Å². The van der Waals surface area contributed by atoms with Crippen molar-refractivity contribution in [2.75, 3.05) is 0 Å².